The van der Waals surface area contributed by atoms with E-state index in [1.54, 1.807) is 37.4 Å². The Morgan fingerprint density at radius 2 is 1.78 bits per heavy atom. The van der Waals surface area contributed by atoms with Crippen LogP contribution < -0.4 is 15.2 Å². The number of pyridine rings is 2. The molecule has 1 aliphatic heterocycles. The van der Waals surface area contributed by atoms with Crippen molar-refractivity contribution < 1.29 is 23.0 Å². The number of esters is 1. The summed E-state index contributed by atoms with van der Waals surface area (Å²) in [4.78, 5) is 34.4. The molecule has 0 N–H and O–H groups in total. The molecular weight excluding hydrogens is 532 g/mol. The smallest absolute Gasteiger partial charge is 0.324 e. The molecule has 210 valence electrons. The van der Waals surface area contributed by atoms with Gasteiger partial charge < -0.3 is 18.9 Å². The second kappa shape index (κ2) is 11.3. The van der Waals surface area contributed by atoms with Crippen molar-refractivity contribution in [1.82, 2.24) is 14.5 Å². The quantitative estimate of drug-likeness (QED) is 0.331. The lowest BCUT2D eigenvalue weighted by atomic mass is 9.93. The summed E-state index contributed by atoms with van der Waals surface area (Å²) in [6.45, 7) is 0.793. The highest BCUT2D eigenvalue weighted by molar-refractivity contribution is 5.89. The van der Waals surface area contributed by atoms with Crippen LogP contribution in [0.4, 0.5) is 14.5 Å². The van der Waals surface area contributed by atoms with Gasteiger partial charge in [0.1, 0.15) is 40.7 Å². The van der Waals surface area contributed by atoms with E-state index in [9.17, 15) is 23.6 Å². The van der Waals surface area contributed by atoms with Crippen LogP contribution in [0.1, 0.15) is 22.9 Å². The maximum Gasteiger partial charge on any atom is 0.324 e. The molecule has 1 fully saturated rings. The Balaban J connectivity index is 1.62. The molecule has 0 spiro atoms. The molecule has 1 aliphatic rings. The summed E-state index contributed by atoms with van der Waals surface area (Å²) < 4.78 is 40.2. The lowest BCUT2D eigenvalue weighted by molar-refractivity contribution is -0.148. The van der Waals surface area contributed by atoms with Gasteiger partial charge >= 0.3 is 5.97 Å². The number of nitrogens with zero attached hydrogens (tertiary/aromatic N) is 5. The number of anilines is 1. The van der Waals surface area contributed by atoms with Gasteiger partial charge in [-0.1, -0.05) is 18.2 Å². The van der Waals surface area contributed by atoms with Crippen LogP contribution in [0.2, 0.25) is 0 Å². The van der Waals surface area contributed by atoms with Crippen LogP contribution in [0.25, 0.3) is 11.0 Å². The molecule has 1 saturated heterocycles. The Hall–Kier alpha value is -4.82. The average molecular weight is 560 g/mol. The molecule has 5 rings (SSSR count). The van der Waals surface area contributed by atoms with Gasteiger partial charge in [-0.25, -0.2) is 13.8 Å². The van der Waals surface area contributed by atoms with E-state index in [2.05, 4.69) is 4.98 Å². The van der Waals surface area contributed by atoms with Crippen LogP contribution in [-0.2, 0) is 16.6 Å². The third kappa shape index (κ3) is 5.21. The van der Waals surface area contributed by atoms with Crippen molar-refractivity contribution in [2.24, 2.45) is 7.05 Å². The molecule has 3 heterocycles. The van der Waals surface area contributed by atoms with Crippen molar-refractivity contribution in [3.05, 3.63) is 99.5 Å². The second-order valence-electron chi connectivity index (χ2n) is 9.67. The maximum atomic E-state index is 14.2. The number of hydrogen-bond acceptors (Lipinski definition) is 8. The number of aryl methyl sites for hydroxylation is 1. The number of benzene rings is 2. The number of rotatable bonds is 6. The van der Waals surface area contributed by atoms with Crippen LogP contribution in [0.3, 0.4) is 0 Å². The zero-order valence-electron chi connectivity index (χ0n) is 22.7. The molecule has 0 saturated carbocycles. The molecule has 2 aromatic carbocycles. The first-order valence-corrected chi connectivity index (χ1v) is 12.8. The molecule has 9 nitrogen and oxygen atoms in total. The van der Waals surface area contributed by atoms with E-state index < -0.39 is 29.7 Å². The Morgan fingerprint density at radius 1 is 1.05 bits per heavy atom. The number of methoxy groups -OCH3 is 2. The molecule has 0 bridgehead atoms. The summed E-state index contributed by atoms with van der Waals surface area (Å²) in [6.07, 6.45) is 0. The average Bonchev–Trinajstić information content (AvgIpc) is 3.00. The Kier molecular flexibility index (Phi) is 7.68. The van der Waals surface area contributed by atoms with Crippen molar-refractivity contribution >= 4 is 22.7 Å². The third-order valence-corrected chi connectivity index (χ3v) is 7.43. The summed E-state index contributed by atoms with van der Waals surface area (Å²) >= 11 is 0. The summed E-state index contributed by atoms with van der Waals surface area (Å²) in [5.41, 5.74) is 2.67. The molecule has 41 heavy (non-hydrogen) atoms. The number of carbonyl (C=O) groups excluding carboxylic acids is 1. The Morgan fingerprint density at radius 3 is 2.46 bits per heavy atom. The minimum absolute atomic E-state index is 0.120. The van der Waals surface area contributed by atoms with E-state index >= 15 is 0 Å². The molecule has 2 unspecified atom stereocenters. The highest BCUT2D eigenvalue weighted by Crippen LogP contribution is 2.38. The van der Waals surface area contributed by atoms with E-state index in [0.717, 1.165) is 0 Å². The maximum absolute atomic E-state index is 14.2. The monoisotopic (exact) mass is 559 g/mol. The van der Waals surface area contributed by atoms with Crippen molar-refractivity contribution in [1.29, 1.82) is 5.26 Å². The van der Waals surface area contributed by atoms with Gasteiger partial charge in [-0.3, -0.25) is 14.5 Å². The number of nitriles is 1. The number of ether oxygens (including phenoxy) is 2. The predicted octanol–water partition coefficient (Wildman–Crippen LogP) is 3.55. The number of halogens is 2. The molecular formula is C30H27F2N5O4. The first kappa shape index (κ1) is 27.7. The lowest BCUT2D eigenvalue weighted by Gasteiger charge is -2.45. The molecule has 4 aromatic rings. The van der Waals surface area contributed by atoms with Crippen LogP contribution in [0, 0.1) is 23.0 Å². The SMILES string of the molecule is COC(=O)C1CN(c2cc(=O)n(C)c3ccc(C#N)nc23)CCN1C(c1ccc(F)cc1)c1ccc(F)cc1OC. The van der Waals surface area contributed by atoms with Gasteiger partial charge in [0.2, 0.25) is 0 Å². The molecule has 2 aromatic heterocycles. The van der Waals surface area contributed by atoms with Crippen LogP contribution in [0.5, 0.6) is 5.75 Å². The highest BCUT2D eigenvalue weighted by atomic mass is 19.1. The fourth-order valence-electron chi connectivity index (χ4n) is 5.39. The van der Waals surface area contributed by atoms with Crippen LogP contribution in [0.15, 0.2) is 65.5 Å². The van der Waals surface area contributed by atoms with Crippen molar-refractivity contribution in [2.75, 3.05) is 38.8 Å². The summed E-state index contributed by atoms with van der Waals surface area (Å²) in [6, 6.07) is 15.3. The number of fused-ring (bicyclic) bond motifs is 1. The number of hydrogen-bond donors (Lipinski definition) is 0. The van der Waals surface area contributed by atoms with Gasteiger partial charge in [0, 0.05) is 44.4 Å². The fourth-order valence-corrected chi connectivity index (χ4v) is 5.39. The lowest BCUT2D eigenvalue weighted by Crippen LogP contribution is -2.58. The number of aromatic nitrogens is 2. The minimum Gasteiger partial charge on any atom is -0.496 e. The van der Waals surface area contributed by atoms with Crippen molar-refractivity contribution in [3.8, 4) is 11.8 Å². The van der Waals surface area contributed by atoms with Gasteiger partial charge in [0.25, 0.3) is 5.56 Å². The highest BCUT2D eigenvalue weighted by Gasteiger charge is 2.40. The molecule has 0 amide bonds. The first-order valence-electron chi connectivity index (χ1n) is 12.8. The molecule has 0 radical (unpaired) electrons. The Labute approximate surface area is 234 Å². The van der Waals surface area contributed by atoms with E-state index in [4.69, 9.17) is 9.47 Å². The molecule has 0 aliphatic carbocycles. The summed E-state index contributed by atoms with van der Waals surface area (Å²) in [7, 11) is 4.35. The van der Waals surface area contributed by atoms with Crippen LogP contribution in [-0.4, -0.2) is 60.3 Å². The fraction of sp³-hybridized carbons (Fsp3) is 0.267. The van der Waals surface area contributed by atoms with Gasteiger partial charge in [-0.15, -0.1) is 0 Å². The second-order valence-corrected chi connectivity index (χ2v) is 9.67. The standard InChI is InChI=1S/C30H27F2N5O4/c1-35-23-11-9-21(16-33)34-28(23)24(15-27(35)38)36-12-13-37(25(17-36)30(39)41-3)29(18-4-6-19(31)7-5-18)22-10-8-20(32)14-26(22)40-2/h4-11,14-15,25,29H,12-13,17H2,1-3H3. The van der Waals surface area contributed by atoms with Gasteiger partial charge in [-0.2, -0.15) is 5.26 Å². The topological polar surface area (TPSA) is 101 Å². The van der Waals surface area contributed by atoms with Gasteiger partial charge in [-0.05, 0) is 35.9 Å². The largest absolute Gasteiger partial charge is 0.496 e. The predicted molar refractivity (Wildman–Crippen MR) is 148 cm³/mol. The van der Waals surface area contributed by atoms with Crippen molar-refractivity contribution in [3.63, 3.8) is 0 Å². The van der Waals surface area contributed by atoms with Crippen LogP contribution >= 0.6 is 0 Å². The van der Waals surface area contributed by atoms with E-state index in [1.165, 1.54) is 49.1 Å². The third-order valence-electron chi connectivity index (χ3n) is 7.43. The van der Waals surface area contributed by atoms with Gasteiger partial charge in [0.05, 0.1) is 31.5 Å². The summed E-state index contributed by atoms with van der Waals surface area (Å²) in [5.74, 6) is -1.16. The van der Waals surface area contributed by atoms with E-state index in [-0.39, 0.29) is 23.5 Å². The van der Waals surface area contributed by atoms with Crippen molar-refractivity contribution in [2.45, 2.75) is 12.1 Å². The van der Waals surface area contributed by atoms with E-state index in [1.807, 2.05) is 15.9 Å². The Bertz CT molecular complexity index is 1720. The normalized spacial score (nSPS) is 16.3. The molecule has 2 atom stereocenters. The summed E-state index contributed by atoms with van der Waals surface area (Å²) in [5, 5.41) is 9.44. The number of carbonyl (C=O) groups is 1. The zero-order valence-corrected chi connectivity index (χ0v) is 22.7. The zero-order chi connectivity index (χ0) is 29.3. The first-order chi connectivity index (χ1) is 19.7. The molecule has 11 heteroatoms. The van der Waals surface area contributed by atoms with Gasteiger partial charge in [0.15, 0.2) is 0 Å². The number of piperazine rings is 1. The van der Waals surface area contributed by atoms with E-state index in [0.29, 0.717) is 40.9 Å². The minimum atomic E-state index is -0.850.